The predicted molar refractivity (Wildman–Crippen MR) is 77.5 cm³/mol. The molecule has 0 amide bonds. The minimum atomic E-state index is 0.297. The number of rotatable bonds is 6. The molecule has 0 aromatic heterocycles. The van der Waals surface area contributed by atoms with Gasteiger partial charge < -0.3 is 14.8 Å². The van der Waals surface area contributed by atoms with Gasteiger partial charge in [-0.2, -0.15) is 0 Å². The molecule has 0 aromatic carbocycles. The molecule has 2 saturated heterocycles. The molecule has 0 radical (unpaired) electrons. The van der Waals surface area contributed by atoms with Crippen LogP contribution in [0.1, 0.15) is 33.1 Å². The van der Waals surface area contributed by atoms with Gasteiger partial charge in [-0.1, -0.05) is 13.8 Å². The molecule has 2 aliphatic rings. The summed E-state index contributed by atoms with van der Waals surface area (Å²) < 4.78 is 11.3. The molecule has 4 heteroatoms. The molecule has 2 atom stereocenters. The van der Waals surface area contributed by atoms with Crippen LogP contribution in [-0.4, -0.2) is 63.5 Å². The van der Waals surface area contributed by atoms with Crippen LogP contribution in [0.3, 0.4) is 0 Å². The molecule has 19 heavy (non-hydrogen) atoms. The highest BCUT2D eigenvalue weighted by Gasteiger charge is 2.36. The Morgan fingerprint density at radius 1 is 1.47 bits per heavy atom. The van der Waals surface area contributed by atoms with Gasteiger partial charge in [-0.15, -0.1) is 0 Å². The first-order chi connectivity index (χ1) is 9.13. The van der Waals surface area contributed by atoms with Crippen LogP contribution < -0.4 is 5.32 Å². The maximum atomic E-state index is 5.78. The van der Waals surface area contributed by atoms with Gasteiger partial charge in [0.2, 0.25) is 0 Å². The molecule has 2 heterocycles. The Morgan fingerprint density at radius 2 is 2.32 bits per heavy atom. The Morgan fingerprint density at radius 3 is 2.89 bits per heavy atom. The second kappa shape index (κ2) is 7.02. The standard InChI is InChI=1S/C15H30N2O2/c1-13(2)16-10-15(6-4-8-19-12-15)11-17-7-5-14(9-17)18-3/h13-14,16H,4-12H2,1-3H3. The van der Waals surface area contributed by atoms with E-state index in [0.717, 1.165) is 32.8 Å². The molecular weight excluding hydrogens is 240 g/mol. The molecule has 4 nitrogen and oxygen atoms in total. The van der Waals surface area contributed by atoms with E-state index in [1.807, 2.05) is 7.11 Å². The average molecular weight is 270 g/mol. The smallest absolute Gasteiger partial charge is 0.0710 e. The van der Waals surface area contributed by atoms with Crippen LogP contribution in [0.2, 0.25) is 0 Å². The van der Waals surface area contributed by atoms with E-state index in [4.69, 9.17) is 9.47 Å². The molecule has 0 spiro atoms. The maximum Gasteiger partial charge on any atom is 0.0710 e. The number of nitrogens with one attached hydrogen (secondary N) is 1. The summed E-state index contributed by atoms with van der Waals surface area (Å²) in [6, 6.07) is 0.545. The Labute approximate surface area is 117 Å². The van der Waals surface area contributed by atoms with E-state index in [-0.39, 0.29) is 0 Å². The SMILES string of the molecule is COC1CCN(CC2(CNC(C)C)CCCOC2)C1. The van der Waals surface area contributed by atoms with Gasteiger partial charge in [0.05, 0.1) is 12.7 Å². The molecule has 2 unspecified atom stereocenters. The summed E-state index contributed by atoms with van der Waals surface area (Å²) in [7, 11) is 1.83. The zero-order valence-corrected chi connectivity index (χ0v) is 12.8. The third kappa shape index (κ3) is 4.42. The Balaban J connectivity index is 1.89. The highest BCUT2D eigenvalue weighted by Crippen LogP contribution is 2.30. The molecule has 0 aromatic rings. The second-order valence-electron chi connectivity index (χ2n) is 6.57. The van der Waals surface area contributed by atoms with Gasteiger partial charge in [0.25, 0.3) is 0 Å². The summed E-state index contributed by atoms with van der Waals surface area (Å²) in [5, 5.41) is 3.62. The van der Waals surface area contributed by atoms with Crippen molar-refractivity contribution in [2.24, 2.45) is 5.41 Å². The summed E-state index contributed by atoms with van der Waals surface area (Å²) in [4.78, 5) is 2.56. The highest BCUT2D eigenvalue weighted by molar-refractivity contribution is 4.90. The fourth-order valence-electron chi connectivity index (χ4n) is 3.26. The minimum Gasteiger partial charge on any atom is -0.381 e. The van der Waals surface area contributed by atoms with E-state index in [9.17, 15) is 0 Å². The Hall–Kier alpha value is -0.160. The predicted octanol–water partition coefficient (Wildman–Crippen LogP) is 1.50. The lowest BCUT2D eigenvalue weighted by Crippen LogP contribution is -2.49. The van der Waals surface area contributed by atoms with E-state index >= 15 is 0 Å². The van der Waals surface area contributed by atoms with Crippen molar-refractivity contribution in [3.63, 3.8) is 0 Å². The summed E-state index contributed by atoms with van der Waals surface area (Å²) in [5.41, 5.74) is 0.297. The minimum absolute atomic E-state index is 0.297. The number of methoxy groups -OCH3 is 1. The van der Waals surface area contributed by atoms with Crippen molar-refractivity contribution in [2.75, 3.05) is 46.5 Å². The van der Waals surface area contributed by atoms with Crippen LogP contribution in [0, 0.1) is 5.41 Å². The molecule has 0 aliphatic carbocycles. The van der Waals surface area contributed by atoms with Crippen LogP contribution in [-0.2, 0) is 9.47 Å². The van der Waals surface area contributed by atoms with Gasteiger partial charge in [-0.25, -0.2) is 0 Å². The van der Waals surface area contributed by atoms with Gasteiger partial charge in [0, 0.05) is 51.4 Å². The quantitative estimate of drug-likeness (QED) is 0.793. The third-order valence-corrected chi connectivity index (χ3v) is 4.41. The van der Waals surface area contributed by atoms with E-state index in [1.54, 1.807) is 0 Å². The van der Waals surface area contributed by atoms with Crippen LogP contribution in [0.15, 0.2) is 0 Å². The van der Waals surface area contributed by atoms with E-state index in [2.05, 4.69) is 24.1 Å². The van der Waals surface area contributed by atoms with Gasteiger partial charge >= 0.3 is 0 Å². The fraction of sp³-hybridized carbons (Fsp3) is 1.00. The fourth-order valence-corrected chi connectivity index (χ4v) is 3.26. The van der Waals surface area contributed by atoms with Crippen molar-refractivity contribution in [3.8, 4) is 0 Å². The third-order valence-electron chi connectivity index (χ3n) is 4.41. The molecule has 1 N–H and O–H groups in total. The summed E-state index contributed by atoms with van der Waals surface area (Å²) in [6.07, 6.45) is 4.08. The monoisotopic (exact) mass is 270 g/mol. The van der Waals surface area contributed by atoms with Crippen LogP contribution >= 0.6 is 0 Å². The molecule has 0 saturated carbocycles. The number of nitrogens with zero attached hydrogens (tertiary/aromatic N) is 1. The summed E-state index contributed by atoms with van der Waals surface area (Å²) >= 11 is 0. The number of ether oxygens (including phenoxy) is 2. The zero-order chi connectivity index (χ0) is 13.7. The zero-order valence-electron chi connectivity index (χ0n) is 12.8. The lowest BCUT2D eigenvalue weighted by Gasteiger charge is -2.40. The average Bonchev–Trinajstić information content (AvgIpc) is 2.85. The van der Waals surface area contributed by atoms with Crippen LogP contribution in [0.5, 0.6) is 0 Å². The number of likely N-dealkylation sites (tertiary alicyclic amines) is 1. The molecular formula is C15H30N2O2. The molecule has 112 valence electrons. The largest absolute Gasteiger partial charge is 0.381 e. The second-order valence-corrected chi connectivity index (χ2v) is 6.57. The van der Waals surface area contributed by atoms with Crippen molar-refractivity contribution in [3.05, 3.63) is 0 Å². The lowest BCUT2D eigenvalue weighted by molar-refractivity contribution is -0.0258. The molecule has 2 fully saturated rings. The molecule has 2 aliphatic heterocycles. The van der Waals surface area contributed by atoms with Crippen molar-refractivity contribution in [2.45, 2.75) is 45.3 Å². The van der Waals surface area contributed by atoms with Gasteiger partial charge in [0.15, 0.2) is 0 Å². The van der Waals surface area contributed by atoms with Crippen molar-refractivity contribution < 1.29 is 9.47 Å². The van der Waals surface area contributed by atoms with Crippen molar-refractivity contribution >= 4 is 0 Å². The first-order valence-electron chi connectivity index (χ1n) is 7.70. The lowest BCUT2D eigenvalue weighted by atomic mass is 9.81. The van der Waals surface area contributed by atoms with Gasteiger partial charge in [-0.05, 0) is 19.3 Å². The molecule has 2 rings (SSSR count). The van der Waals surface area contributed by atoms with Gasteiger partial charge in [0.1, 0.15) is 0 Å². The number of hydrogen-bond acceptors (Lipinski definition) is 4. The normalized spacial score (nSPS) is 33.2. The first kappa shape index (κ1) is 15.2. The van der Waals surface area contributed by atoms with Gasteiger partial charge in [-0.3, -0.25) is 4.90 Å². The topological polar surface area (TPSA) is 33.7 Å². The van der Waals surface area contributed by atoms with Crippen molar-refractivity contribution in [1.82, 2.24) is 10.2 Å². The summed E-state index contributed by atoms with van der Waals surface area (Å²) in [6.45, 7) is 10.7. The Kier molecular flexibility index (Phi) is 5.63. The van der Waals surface area contributed by atoms with E-state index < -0.39 is 0 Å². The maximum absolute atomic E-state index is 5.78. The van der Waals surface area contributed by atoms with Crippen LogP contribution in [0.4, 0.5) is 0 Å². The van der Waals surface area contributed by atoms with E-state index in [0.29, 0.717) is 17.6 Å². The van der Waals surface area contributed by atoms with Crippen molar-refractivity contribution in [1.29, 1.82) is 0 Å². The van der Waals surface area contributed by atoms with E-state index in [1.165, 1.54) is 25.8 Å². The summed E-state index contributed by atoms with van der Waals surface area (Å²) in [5.74, 6) is 0. The first-order valence-corrected chi connectivity index (χ1v) is 7.70. The Bertz CT molecular complexity index is 265. The molecule has 0 bridgehead atoms. The van der Waals surface area contributed by atoms with Crippen LogP contribution in [0.25, 0.3) is 0 Å². The highest BCUT2D eigenvalue weighted by atomic mass is 16.5. The number of hydrogen-bond donors (Lipinski definition) is 1.